The molecular formula is C14H16N2O2. The van der Waals surface area contributed by atoms with Crippen LogP contribution in [0.1, 0.15) is 12.6 Å². The lowest BCUT2D eigenvalue weighted by Crippen LogP contribution is -1.99. The van der Waals surface area contributed by atoms with E-state index in [1.54, 1.807) is 13.2 Å². The molecule has 1 heterocycles. The average Bonchev–Trinajstić information content (AvgIpc) is 2.45. The minimum atomic E-state index is 0.251. The van der Waals surface area contributed by atoms with Gasteiger partial charge in [-0.1, -0.05) is 18.2 Å². The molecule has 1 aromatic carbocycles. The monoisotopic (exact) mass is 245 g/mol. The summed E-state index contributed by atoms with van der Waals surface area (Å²) in [6.07, 6.45) is 1.51. The maximum absolute atomic E-state index is 7.72. The van der Waals surface area contributed by atoms with Crippen molar-refractivity contribution in [3.05, 3.63) is 47.6 Å². The van der Waals surface area contributed by atoms with Crippen molar-refractivity contribution in [1.29, 1.82) is 0 Å². The van der Waals surface area contributed by atoms with Gasteiger partial charge in [-0.25, -0.2) is 0 Å². The molecule has 1 aromatic heterocycles. The highest BCUT2D eigenvalue weighted by molar-refractivity contribution is 5.33. The molecular weight excluding hydrogens is 228 g/mol. The molecule has 4 nitrogen and oxygen atoms in total. The van der Waals surface area contributed by atoms with Gasteiger partial charge in [-0.2, -0.15) is 5.10 Å². The van der Waals surface area contributed by atoms with Crippen molar-refractivity contribution in [3.8, 4) is 11.6 Å². The van der Waals surface area contributed by atoms with E-state index in [9.17, 15) is 0 Å². The smallest absolute Gasteiger partial charge is 0.233 e. The minimum Gasteiger partial charge on any atom is -0.496 e. The van der Waals surface area contributed by atoms with Crippen molar-refractivity contribution < 1.29 is 10.8 Å². The molecule has 0 amide bonds. The van der Waals surface area contributed by atoms with Crippen LogP contribution in [-0.4, -0.2) is 24.4 Å². The fourth-order valence-electron chi connectivity index (χ4n) is 1.71. The second-order valence-electron chi connectivity index (χ2n) is 3.80. The number of hydrogen-bond acceptors (Lipinski definition) is 4. The van der Waals surface area contributed by atoms with Crippen LogP contribution in [0.3, 0.4) is 0 Å². The van der Waals surface area contributed by atoms with Crippen LogP contribution in [0.2, 0.25) is 0 Å². The summed E-state index contributed by atoms with van der Waals surface area (Å²) < 4.78 is 17.9. The second kappa shape index (κ2) is 6.00. The first kappa shape index (κ1) is 11.0. The first-order valence-electron chi connectivity index (χ1n) is 6.23. The highest BCUT2D eigenvalue weighted by Gasteiger charge is 2.03. The van der Waals surface area contributed by atoms with E-state index in [0.29, 0.717) is 6.42 Å². The van der Waals surface area contributed by atoms with Crippen LogP contribution in [0.15, 0.2) is 36.4 Å². The zero-order chi connectivity index (χ0) is 13.7. The third-order valence-electron chi connectivity index (χ3n) is 2.67. The van der Waals surface area contributed by atoms with Gasteiger partial charge in [0.1, 0.15) is 5.75 Å². The first-order chi connectivity index (χ1) is 9.24. The highest BCUT2D eigenvalue weighted by atomic mass is 16.5. The lowest BCUT2D eigenvalue weighted by atomic mass is 10.1. The van der Waals surface area contributed by atoms with E-state index in [2.05, 4.69) is 10.2 Å². The lowest BCUT2D eigenvalue weighted by molar-refractivity contribution is 0.391. The van der Waals surface area contributed by atoms with Crippen LogP contribution in [-0.2, 0) is 12.8 Å². The SMILES string of the molecule is [2H]c1cc(CCc2ccccc2OC)nnc1OC. The Balaban J connectivity index is 2.08. The van der Waals surface area contributed by atoms with Gasteiger partial charge in [0, 0.05) is 6.04 Å². The molecule has 2 rings (SSSR count). The quantitative estimate of drug-likeness (QED) is 0.810. The Kier molecular flexibility index (Phi) is 3.67. The number of hydrogen-bond donors (Lipinski definition) is 0. The Hall–Kier alpha value is -2.10. The number of para-hydroxylation sites is 1. The molecule has 0 radical (unpaired) electrons. The third-order valence-corrected chi connectivity index (χ3v) is 2.67. The number of rotatable bonds is 5. The molecule has 0 aliphatic carbocycles. The number of aryl methyl sites for hydroxylation is 2. The van der Waals surface area contributed by atoms with Gasteiger partial charge in [-0.3, -0.25) is 0 Å². The van der Waals surface area contributed by atoms with Gasteiger partial charge in [-0.05, 0) is 30.5 Å². The van der Waals surface area contributed by atoms with Gasteiger partial charge in [0.2, 0.25) is 5.88 Å². The van der Waals surface area contributed by atoms with Crippen molar-refractivity contribution in [2.75, 3.05) is 14.2 Å². The molecule has 0 saturated carbocycles. The minimum absolute atomic E-state index is 0.251. The Morgan fingerprint density at radius 1 is 1.06 bits per heavy atom. The fourth-order valence-corrected chi connectivity index (χ4v) is 1.71. The third kappa shape index (κ3) is 2.97. The zero-order valence-corrected chi connectivity index (χ0v) is 10.5. The summed E-state index contributed by atoms with van der Waals surface area (Å²) >= 11 is 0. The number of benzene rings is 1. The molecule has 0 spiro atoms. The van der Waals surface area contributed by atoms with Gasteiger partial charge in [0.15, 0.2) is 0 Å². The van der Waals surface area contributed by atoms with E-state index in [1.165, 1.54) is 7.11 Å². The molecule has 4 heteroatoms. The topological polar surface area (TPSA) is 44.2 Å². The van der Waals surface area contributed by atoms with Crippen LogP contribution in [0.25, 0.3) is 0 Å². The van der Waals surface area contributed by atoms with Gasteiger partial charge < -0.3 is 9.47 Å². The molecule has 0 N–H and O–H groups in total. The molecule has 0 aliphatic rings. The average molecular weight is 245 g/mol. The van der Waals surface area contributed by atoms with Gasteiger partial charge in [0.05, 0.1) is 21.3 Å². The molecule has 2 aromatic rings. The largest absolute Gasteiger partial charge is 0.496 e. The maximum Gasteiger partial charge on any atom is 0.233 e. The zero-order valence-electron chi connectivity index (χ0n) is 11.5. The van der Waals surface area contributed by atoms with Crippen molar-refractivity contribution in [1.82, 2.24) is 10.2 Å². The van der Waals surface area contributed by atoms with Gasteiger partial charge in [0.25, 0.3) is 0 Å². The van der Waals surface area contributed by atoms with E-state index in [4.69, 9.17) is 10.8 Å². The van der Waals surface area contributed by atoms with Crippen LogP contribution < -0.4 is 9.47 Å². The molecule has 0 unspecified atom stereocenters. The fraction of sp³-hybridized carbons (Fsp3) is 0.286. The number of nitrogens with zero attached hydrogens (tertiary/aromatic N) is 2. The molecule has 94 valence electrons. The van der Waals surface area contributed by atoms with E-state index in [-0.39, 0.29) is 11.9 Å². The molecule has 0 bridgehead atoms. The van der Waals surface area contributed by atoms with E-state index in [1.807, 2.05) is 24.3 Å². The van der Waals surface area contributed by atoms with E-state index in [0.717, 1.165) is 23.4 Å². The van der Waals surface area contributed by atoms with Crippen LogP contribution in [0.5, 0.6) is 11.6 Å². The summed E-state index contributed by atoms with van der Waals surface area (Å²) in [5.41, 5.74) is 1.89. The standard InChI is InChI=1S/C14H16N2O2/c1-17-13-6-4-3-5-11(13)7-8-12-9-10-14(18-2)16-15-12/h3-6,9-10H,7-8H2,1-2H3/i10D. The van der Waals surface area contributed by atoms with E-state index < -0.39 is 0 Å². The Bertz CT molecular complexity index is 561. The summed E-state index contributed by atoms with van der Waals surface area (Å²) in [6.45, 7) is 0. The summed E-state index contributed by atoms with van der Waals surface area (Å²) in [5, 5.41) is 7.91. The second-order valence-corrected chi connectivity index (χ2v) is 3.80. The summed E-state index contributed by atoms with van der Waals surface area (Å²) in [4.78, 5) is 0. The normalized spacial score (nSPS) is 10.9. The lowest BCUT2D eigenvalue weighted by Gasteiger charge is -2.07. The number of aromatic nitrogens is 2. The van der Waals surface area contributed by atoms with Crippen LogP contribution in [0.4, 0.5) is 0 Å². The van der Waals surface area contributed by atoms with Crippen molar-refractivity contribution >= 4 is 0 Å². The predicted molar refractivity (Wildman–Crippen MR) is 69.0 cm³/mol. The van der Waals surface area contributed by atoms with Gasteiger partial charge >= 0.3 is 0 Å². The first-order valence-corrected chi connectivity index (χ1v) is 5.73. The van der Waals surface area contributed by atoms with Crippen molar-refractivity contribution in [2.45, 2.75) is 12.8 Å². The van der Waals surface area contributed by atoms with Crippen LogP contribution in [0, 0.1) is 0 Å². The molecule has 18 heavy (non-hydrogen) atoms. The summed E-state index contributed by atoms with van der Waals surface area (Å²) in [6, 6.07) is 9.82. The molecule has 0 aliphatic heterocycles. The Labute approximate surface area is 108 Å². The summed E-state index contributed by atoms with van der Waals surface area (Å²) in [7, 11) is 3.14. The Morgan fingerprint density at radius 2 is 1.89 bits per heavy atom. The Morgan fingerprint density at radius 3 is 2.61 bits per heavy atom. The molecule has 0 atom stereocenters. The summed E-state index contributed by atoms with van der Waals surface area (Å²) in [5.74, 6) is 1.12. The molecule has 0 saturated heterocycles. The number of ether oxygens (including phenoxy) is 2. The van der Waals surface area contributed by atoms with Crippen molar-refractivity contribution in [2.24, 2.45) is 0 Å². The maximum atomic E-state index is 7.72. The van der Waals surface area contributed by atoms with E-state index >= 15 is 0 Å². The van der Waals surface area contributed by atoms with Crippen molar-refractivity contribution in [3.63, 3.8) is 0 Å². The highest BCUT2D eigenvalue weighted by Crippen LogP contribution is 2.19. The number of methoxy groups -OCH3 is 2. The predicted octanol–water partition coefficient (Wildman–Crippen LogP) is 2.28. The van der Waals surface area contributed by atoms with Crippen LogP contribution >= 0.6 is 0 Å². The van der Waals surface area contributed by atoms with Gasteiger partial charge in [-0.15, -0.1) is 5.10 Å². The molecule has 0 fully saturated rings.